The van der Waals surface area contributed by atoms with Crippen LogP contribution in [0.25, 0.3) is 0 Å². The fourth-order valence-electron chi connectivity index (χ4n) is 2.69. The minimum Gasteiger partial charge on any atom is -0.357 e. The van der Waals surface area contributed by atoms with Crippen LogP contribution >= 0.6 is 0 Å². The van der Waals surface area contributed by atoms with Crippen molar-refractivity contribution in [2.45, 2.75) is 12.8 Å². The SMILES string of the molecule is CNc1ncc([N+](=O)[O-])c(N2CCC(CN(C)C)CC2)n1. The summed E-state index contributed by atoms with van der Waals surface area (Å²) < 4.78 is 0. The maximum Gasteiger partial charge on any atom is 0.329 e. The van der Waals surface area contributed by atoms with E-state index >= 15 is 0 Å². The molecule has 1 aromatic rings. The van der Waals surface area contributed by atoms with Crippen molar-refractivity contribution in [2.75, 3.05) is 51.0 Å². The average Bonchev–Trinajstić information content (AvgIpc) is 2.46. The van der Waals surface area contributed by atoms with Crippen molar-refractivity contribution in [1.82, 2.24) is 14.9 Å². The summed E-state index contributed by atoms with van der Waals surface area (Å²) in [5, 5.41) is 14.0. The molecule has 8 nitrogen and oxygen atoms in total. The highest BCUT2D eigenvalue weighted by atomic mass is 16.6. The van der Waals surface area contributed by atoms with E-state index in [0.717, 1.165) is 32.5 Å². The molecule has 0 spiro atoms. The van der Waals surface area contributed by atoms with Crippen LogP contribution < -0.4 is 10.2 Å². The summed E-state index contributed by atoms with van der Waals surface area (Å²) in [4.78, 5) is 23.1. The Labute approximate surface area is 124 Å². The molecule has 1 N–H and O–H groups in total. The zero-order valence-electron chi connectivity index (χ0n) is 12.7. The van der Waals surface area contributed by atoms with Crippen molar-refractivity contribution in [1.29, 1.82) is 0 Å². The zero-order valence-corrected chi connectivity index (χ0v) is 12.7. The molecule has 0 aromatic carbocycles. The Bertz CT molecular complexity index is 499. The number of piperidine rings is 1. The van der Waals surface area contributed by atoms with Crippen LogP contribution in [0.2, 0.25) is 0 Å². The molecule has 0 atom stereocenters. The van der Waals surface area contributed by atoms with Crippen LogP contribution in [0.5, 0.6) is 0 Å². The van der Waals surface area contributed by atoms with E-state index in [1.54, 1.807) is 7.05 Å². The monoisotopic (exact) mass is 294 g/mol. The van der Waals surface area contributed by atoms with Crippen LogP contribution in [0.4, 0.5) is 17.5 Å². The van der Waals surface area contributed by atoms with Gasteiger partial charge in [0, 0.05) is 26.7 Å². The van der Waals surface area contributed by atoms with Crippen molar-refractivity contribution in [3.05, 3.63) is 16.3 Å². The van der Waals surface area contributed by atoms with Crippen LogP contribution in [0.3, 0.4) is 0 Å². The predicted molar refractivity (Wildman–Crippen MR) is 81.7 cm³/mol. The van der Waals surface area contributed by atoms with E-state index in [1.807, 2.05) is 4.90 Å². The lowest BCUT2D eigenvalue weighted by Gasteiger charge is -2.33. The Morgan fingerprint density at radius 1 is 1.48 bits per heavy atom. The molecule has 1 aliphatic heterocycles. The Morgan fingerprint density at radius 3 is 2.67 bits per heavy atom. The third kappa shape index (κ3) is 3.78. The van der Waals surface area contributed by atoms with Crippen molar-refractivity contribution in [3.8, 4) is 0 Å². The second-order valence-electron chi connectivity index (χ2n) is 5.60. The number of aromatic nitrogens is 2. The molecule has 2 rings (SSSR count). The van der Waals surface area contributed by atoms with Gasteiger partial charge in [-0.2, -0.15) is 4.98 Å². The Morgan fingerprint density at radius 2 is 2.14 bits per heavy atom. The smallest absolute Gasteiger partial charge is 0.329 e. The number of rotatable bonds is 5. The lowest BCUT2D eigenvalue weighted by Crippen LogP contribution is -2.37. The lowest BCUT2D eigenvalue weighted by molar-refractivity contribution is -0.384. The maximum absolute atomic E-state index is 11.1. The van der Waals surface area contributed by atoms with E-state index in [-0.39, 0.29) is 5.69 Å². The summed E-state index contributed by atoms with van der Waals surface area (Å²) in [5.41, 5.74) is -0.0277. The highest BCUT2D eigenvalue weighted by Crippen LogP contribution is 2.29. The van der Waals surface area contributed by atoms with Crippen LogP contribution in [0.1, 0.15) is 12.8 Å². The fraction of sp³-hybridized carbons (Fsp3) is 0.692. The van der Waals surface area contributed by atoms with E-state index in [0.29, 0.717) is 17.7 Å². The van der Waals surface area contributed by atoms with Gasteiger partial charge in [0.2, 0.25) is 11.8 Å². The number of hydrogen-bond acceptors (Lipinski definition) is 7. The highest BCUT2D eigenvalue weighted by Gasteiger charge is 2.27. The second kappa shape index (κ2) is 6.66. The van der Waals surface area contributed by atoms with Crippen molar-refractivity contribution < 1.29 is 4.92 Å². The Hall–Kier alpha value is -1.96. The summed E-state index contributed by atoms with van der Waals surface area (Å²) in [6.07, 6.45) is 3.32. The van der Waals surface area contributed by atoms with Crippen molar-refractivity contribution >= 4 is 17.5 Å². The van der Waals surface area contributed by atoms with Gasteiger partial charge in [-0.15, -0.1) is 0 Å². The number of nitrogens with zero attached hydrogens (tertiary/aromatic N) is 5. The molecule has 21 heavy (non-hydrogen) atoms. The molecule has 0 unspecified atom stereocenters. The fourth-order valence-corrected chi connectivity index (χ4v) is 2.69. The first-order valence-corrected chi connectivity index (χ1v) is 7.10. The number of nitro groups is 1. The molecule has 2 heterocycles. The molecule has 1 fully saturated rings. The third-order valence-corrected chi connectivity index (χ3v) is 3.71. The normalized spacial score (nSPS) is 16.3. The maximum atomic E-state index is 11.1. The zero-order chi connectivity index (χ0) is 15.4. The summed E-state index contributed by atoms with van der Waals surface area (Å²) in [6, 6.07) is 0. The first-order valence-electron chi connectivity index (χ1n) is 7.10. The molecule has 0 bridgehead atoms. The molecule has 1 saturated heterocycles. The van der Waals surface area contributed by atoms with E-state index in [4.69, 9.17) is 0 Å². The van der Waals surface area contributed by atoms with Crippen molar-refractivity contribution in [3.63, 3.8) is 0 Å². The topological polar surface area (TPSA) is 87.4 Å². The standard InChI is InChI=1S/C13H22N6O2/c1-14-13-15-8-11(19(20)21)12(16-13)18-6-4-10(5-7-18)9-17(2)3/h8,10H,4-7,9H2,1-3H3,(H,14,15,16). The van der Waals surface area contributed by atoms with E-state index in [1.165, 1.54) is 6.20 Å². The molecule has 1 aromatic heterocycles. The molecule has 1 aliphatic rings. The van der Waals surface area contributed by atoms with Gasteiger partial charge in [-0.25, -0.2) is 4.98 Å². The van der Waals surface area contributed by atoms with Crippen LogP contribution in [0, 0.1) is 16.0 Å². The van der Waals surface area contributed by atoms with Gasteiger partial charge >= 0.3 is 5.69 Å². The first-order chi connectivity index (χ1) is 10.0. The van der Waals surface area contributed by atoms with E-state index in [9.17, 15) is 10.1 Å². The molecule has 0 saturated carbocycles. The second-order valence-corrected chi connectivity index (χ2v) is 5.60. The van der Waals surface area contributed by atoms with Gasteiger partial charge in [-0.3, -0.25) is 10.1 Å². The van der Waals surface area contributed by atoms with Gasteiger partial charge in [-0.1, -0.05) is 0 Å². The van der Waals surface area contributed by atoms with Crippen LogP contribution in [-0.2, 0) is 0 Å². The minimum atomic E-state index is -0.416. The number of anilines is 2. The van der Waals surface area contributed by atoms with Gasteiger partial charge < -0.3 is 15.1 Å². The molecule has 0 amide bonds. The summed E-state index contributed by atoms with van der Waals surface area (Å²) in [5.74, 6) is 1.47. The number of hydrogen-bond donors (Lipinski definition) is 1. The highest BCUT2D eigenvalue weighted by molar-refractivity contribution is 5.59. The summed E-state index contributed by atoms with van der Waals surface area (Å²) in [6.45, 7) is 2.64. The van der Waals surface area contributed by atoms with Gasteiger partial charge in [0.15, 0.2) is 0 Å². The minimum absolute atomic E-state index is 0.0277. The van der Waals surface area contributed by atoms with Crippen LogP contribution in [-0.4, -0.2) is 60.6 Å². The van der Waals surface area contributed by atoms with Gasteiger partial charge in [0.05, 0.1) is 4.92 Å². The third-order valence-electron chi connectivity index (χ3n) is 3.71. The Balaban J connectivity index is 2.13. The molecular formula is C13H22N6O2. The Kier molecular flexibility index (Phi) is 4.89. The predicted octanol–water partition coefficient (Wildman–Crippen LogP) is 1.20. The quantitative estimate of drug-likeness (QED) is 0.645. The van der Waals surface area contributed by atoms with Crippen LogP contribution in [0.15, 0.2) is 6.20 Å². The van der Waals surface area contributed by atoms with Gasteiger partial charge in [0.25, 0.3) is 0 Å². The lowest BCUT2D eigenvalue weighted by atomic mass is 9.96. The van der Waals surface area contributed by atoms with Gasteiger partial charge in [0.1, 0.15) is 6.20 Å². The summed E-state index contributed by atoms with van der Waals surface area (Å²) in [7, 11) is 5.84. The molecule has 0 radical (unpaired) electrons. The molecule has 116 valence electrons. The average molecular weight is 294 g/mol. The first kappa shape index (κ1) is 15.4. The van der Waals surface area contributed by atoms with Crippen molar-refractivity contribution in [2.24, 2.45) is 5.92 Å². The number of nitrogens with one attached hydrogen (secondary N) is 1. The molecule has 8 heteroatoms. The summed E-state index contributed by atoms with van der Waals surface area (Å²) >= 11 is 0. The van der Waals surface area contributed by atoms with E-state index < -0.39 is 4.92 Å². The molecule has 0 aliphatic carbocycles. The largest absolute Gasteiger partial charge is 0.357 e. The van der Waals surface area contributed by atoms with Gasteiger partial charge in [-0.05, 0) is 32.9 Å². The molecular weight excluding hydrogens is 272 g/mol. The van der Waals surface area contributed by atoms with E-state index in [2.05, 4.69) is 34.3 Å².